The molecule has 0 saturated carbocycles. The third-order valence-corrected chi connectivity index (χ3v) is 5.25. The molecule has 0 unspecified atom stereocenters. The third-order valence-electron chi connectivity index (χ3n) is 5.25. The largest absolute Gasteiger partial charge is 0.387 e. The fourth-order valence-corrected chi connectivity index (χ4v) is 3.69. The first-order valence-electron chi connectivity index (χ1n) is 9.50. The standard InChI is InChI=1S/C22H26N4O/c1-15-4-6-19(7-5-15)21(27)14-25-10-8-18(9-11-25)20-13-22-23-16(2)12-17(3)26(22)24-20/h4-8,12-13,21,27H,9-11,14H2,1-3H3/t21-/m0/s1. The van der Waals surface area contributed by atoms with E-state index in [4.69, 9.17) is 5.10 Å². The normalized spacial score (nSPS) is 16.5. The van der Waals surface area contributed by atoms with E-state index in [9.17, 15) is 5.11 Å². The SMILES string of the molecule is Cc1ccc([C@@H](O)CN2CC=C(c3cc4nc(C)cc(C)n4n3)CC2)cc1. The molecule has 5 heteroatoms. The van der Waals surface area contributed by atoms with E-state index in [0.29, 0.717) is 6.54 Å². The van der Waals surface area contributed by atoms with Crippen molar-refractivity contribution in [2.45, 2.75) is 33.3 Å². The number of hydrogen-bond acceptors (Lipinski definition) is 4. The van der Waals surface area contributed by atoms with Crippen molar-refractivity contribution in [3.8, 4) is 0 Å². The number of aryl methyl sites for hydroxylation is 3. The lowest BCUT2D eigenvalue weighted by Gasteiger charge is -2.28. The van der Waals surface area contributed by atoms with E-state index < -0.39 is 6.10 Å². The first-order chi connectivity index (χ1) is 13.0. The molecule has 1 aliphatic rings. The number of fused-ring (bicyclic) bond motifs is 1. The number of rotatable bonds is 4. The van der Waals surface area contributed by atoms with E-state index in [2.05, 4.69) is 35.9 Å². The molecule has 1 atom stereocenters. The molecule has 1 aliphatic heterocycles. The first-order valence-corrected chi connectivity index (χ1v) is 9.50. The highest BCUT2D eigenvalue weighted by molar-refractivity contribution is 5.67. The minimum absolute atomic E-state index is 0.453. The van der Waals surface area contributed by atoms with Gasteiger partial charge in [-0.05, 0) is 44.4 Å². The van der Waals surface area contributed by atoms with Crippen LogP contribution in [0.2, 0.25) is 0 Å². The van der Waals surface area contributed by atoms with Crippen LogP contribution < -0.4 is 0 Å². The summed E-state index contributed by atoms with van der Waals surface area (Å²) in [6.07, 6.45) is 2.71. The molecule has 1 N–H and O–H groups in total. The summed E-state index contributed by atoms with van der Waals surface area (Å²) in [4.78, 5) is 6.86. The summed E-state index contributed by atoms with van der Waals surface area (Å²) >= 11 is 0. The number of hydrogen-bond donors (Lipinski definition) is 1. The second kappa shape index (κ2) is 7.25. The van der Waals surface area contributed by atoms with E-state index in [1.807, 2.05) is 41.8 Å². The van der Waals surface area contributed by atoms with Crippen molar-refractivity contribution in [2.75, 3.05) is 19.6 Å². The van der Waals surface area contributed by atoms with Crippen LogP contribution in [0.5, 0.6) is 0 Å². The molecule has 0 aliphatic carbocycles. The Kier molecular flexibility index (Phi) is 4.81. The van der Waals surface area contributed by atoms with Crippen molar-refractivity contribution in [1.29, 1.82) is 0 Å². The molecule has 3 heterocycles. The minimum Gasteiger partial charge on any atom is -0.387 e. The minimum atomic E-state index is -0.453. The summed E-state index contributed by atoms with van der Waals surface area (Å²) in [5, 5.41) is 15.2. The third kappa shape index (κ3) is 3.80. The molecule has 0 saturated heterocycles. The maximum absolute atomic E-state index is 10.5. The van der Waals surface area contributed by atoms with Crippen LogP contribution in [-0.2, 0) is 0 Å². The zero-order chi connectivity index (χ0) is 19.0. The van der Waals surface area contributed by atoms with Crippen LogP contribution in [0.15, 0.2) is 42.5 Å². The molecule has 0 radical (unpaired) electrons. The molecule has 140 valence electrons. The van der Waals surface area contributed by atoms with Crippen LogP contribution in [0.4, 0.5) is 0 Å². The van der Waals surface area contributed by atoms with Crippen LogP contribution in [0, 0.1) is 20.8 Å². The molecule has 0 amide bonds. The van der Waals surface area contributed by atoms with Gasteiger partial charge in [-0.15, -0.1) is 0 Å². The van der Waals surface area contributed by atoms with Crippen LogP contribution in [0.25, 0.3) is 11.2 Å². The monoisotopic (exact) mass is 362 g/mol. The summed E-state index contributed by atoms with van der Waals surface area (Å²) in [5.41, 5.74) is 7.48. The Hall–Kier alpha value is -2.50. The predicted octanol–water partition coefficient (Wildman–Crippen LogP) is 3.48. The van der Waals surface area contributed by atoms with Crippen molar-refractivity contribution in [3.05, 3.63) is 70.7 Å². The Morgan fingerprint density at radius 3 is 2.59 bits per heavy atom. The second-order valence-electron chi connectivity index (χ2n) is 7.50. The Labute approximate surface area is 160 Å². The van der Waals surface area contributed by atoms with Gasteiger partial charge in [0.25, 0.3) is 0 Å². The van der Waals surface area contributed by atoms with E-state index in [-0.39, 0.29) is 0 Å². The Morgan fingerprint density at radius 1 is 1.11 bits per heavy atom. The van der Waals surface area contributed by atoms with Gasteiger partial charge >= 0.3 is 0 Å². The fourth-order valence-electron chi connectivity index (χ4n) is 3.69. The number of benzene rings is 1. The van der Waals surface area contributed by atoms with E-state index in [0.717, 1.165) is 47.8 Å². The highest BCUT2D eigenvalue weighted by Gasteiger charge is 2.19. The lowest BCUT2D eigenvalue weighted by atomic mass is 10.0. The molecule has 0 fully saturated rings. The zero-order valence-electron chi connectivity index (χ0n) is 16.2. The molecular formula is C22H26N4O. The number of aromatic nitrogens is 3. The Balaban J connectivity index is 1.45. The van der Waals surface area contributed by atoms with E-state index in [1.54, 1.807) is 0 Å². The van der Waals surface area contributed by atoms with E-state index >= 15 is 0 Å². The first kappa shape index (κ1) is 17.9. The summed E-state index contributed by atoms with van der Waals surface area (Å²) in [6, 6.07) is 12.2. The van der Waals surface area contributed by atoms with Crippen LogP contribution >= 0.6 is 0 Å². The Morgan fingerprint density at radius 2 is 1.89 bits per heavy atom. The Bertz CT molecular complexity index is 987. The molecule has 2 aromatic heterocycles. The van der Waals surface area contributed by atoms with Gasteiger partial charge in [-0.2, -0.15) is 5.10 Å². The van der Waals surface area contributed by atoms with Gasteiger partial charge in [0.1, 0.15) is 0 Å². The number of aliphatic hydroxyl groups excluding tert-OH is 1. The summed E-state index contributed by atoms with van der Waals surface area (Å²) in [5.74, 6) is 0. The number of nitrogens with zero attached hydrogens (tertiary/aromatic N) is 4. The zero-order valence-corrected chi connectivity index (χ0v) is 16.2. The van der Waals surface area contributed by atoms with Gasteiger partial charge in [0, 0.05) is 37.1 Å². The second-order valence-corrected chi connectivity index (χ2v) is 7.50. The molecular weight excluding hydrogens is 336 g/mol. The van der Waals surface area contributed by atoms with Crippen LogP contribution in [-0.4, -0.2) is 44.2 Å². The number of β-amino-alcohol motifs (C(OH)–C–C–N with tert-alkyl or cyclic N) is 1. The van der Waals surface area contributed by atoms with Gasteiger partial charge in [-0.1, -0.05) is 35.9 Å². The predicted molar refractivity (Wildman–Crippen MR) is 108 cm³/mol. The highest BCUT2D eigenvalue weighted by Crippen LogP contribution is 2.24. The summed E-state index contributed by atoms with van der Waals surface area (Å²) < 4.78 is 1.91. The van der Waals surface area contributed by atoms with Gasteiger partial charge in [0.15, 0.2) is 5.65 Å². The quantitative estimate of drug-likeness (QED) is 0.772. The van der Waals surface area contributed by atoms with Gasteiger partial charge < -0.3 is 5.11 Å². The fraction of sp³-hybridized carbons (Fsp3) is 0.364. The van der Waals surface area contributed by atoms with Crippen molar-refractivity contribution in [2.24, 2.45) is 0 Å². The molecule has 27 heavy (non-hydrogen) atoms. The summed E-state index contributed by atoms with van der Waals surface area (Å²) in [6.45, 7) is 8.53. The molecule has 1 aromatic carbocycles. The molecule has 0 bridgehead atoms. The maximum Gasteiger partial charge on any atom is 0.156 e. The van der Waals surface area contributed by atoms with Crippen molar-refractivity contribution in [3.63, 3.8) is 0 Å². The topological polar surface area (TPSA) is 53.7 Å². The van der Waals surface area contributed by atoms with Crippen molar-refractivity contribution in [1.82, 2.24) is 19.5 Å². The van der Waals surface area contributed by atoms with Crippen molar-refractivity contribution >= 4 is 11.2 Å². The summed E-state index contributed by atoms with van der Waals surface area (Å²) in [7, 11) is 0. The van der Waals surface area contributed by atoms with Gasteiger partial charge in [-0.25, -0.2) is 9.50 Å². The van der Waals surface area contributed by atoms with E-state index in [1.165, 1.54) is 11.1 Å². The highest BCUT2D eigenvalue weighted by atomic mass is 16.3. The molecule has 0 spiro atoms. The molecule has 4 rings (SSSR count). The smallest absolute Gasteiger partial charge is 0.156 e. The number of aliphatic hydroxyl groups is 1. The molecule has 5 nitrogen and oxygen atoms in total. The van der Waals surface area contributed by atoms with Gasteiger partial charge in [-0.3, -0.25) is 4.90 Å². The van der Waals surface area contributed by atoms with Crippen molar-refractivity contribution < 1.29 is 5.11 Å². The average Bonchev–Trinajstić information content (AvgIpc) is 3.07. The van der Waals surface area contributed by atoms with Gasteiger partial charge in [0.2, 0.25) is 0 Å². The lowest BCUT2D eigenvalue weighted by molar-refractivity contribution is 0.119. The average molecular weight is 362 g/mol. The maximum atomic E-state index is 10.5. The van der Waals surface area contributed by atoms with Crippen LogP contribution in [0.3, 0.4) is 0 Å². The lowest BCUT2D eigenvalue weighted by Crippen LogP contribution is -2.32. The van der Waals surface area contributed by atoms with Gasteiger partial charge in [0.05, 0.1) is 11.8 Å². The molecule has 3 aromatic rings. The van der Waals surface area contributed by atoms with Crippen LogP contribution in [0.1, 0.15) is 40.7 Å².